The lowest BCUT2D eigenvalue weighted by Crippen LogP contribution is -2.21. The molecule has 0 amide bonds. The maximum Gasteiger partial charge on any atom is 0.313 e. The average Bonchev–Trinajstić information content (AvgIpc) is 2.87. The number of carboxylic acids is 1. The molecule has 0 aliphatic heterocycles. The van der Waals surface area contributed by atoms with Crippen molar-refractivity contribution in [1.82, 2.24) is 14.8 Å². The molecule has 1 aliphatic rings. The Hall–Kier alpha value is -1.04. The third kappa shape index (κ3) is 3.72. The van der Waals surface area contributed by atoms with E-state index in [4.69, 9.17) is 5.11 Å². The third-order valence-corrected chi connectivity index (χ3v) is 4.78. The summed E-state index contributed by atoms with van der Waals surface area (Å²) in [6.07, 6.45) is 9.28. The largest absolute Gasteiger partial charge is 0.481 e. The molecule has 1 aromatic heterocycles. The second kappa shape index (κ2) is 6.93. The van der Waals surface area contributed by atoms with E-state index in [0.717, 1.165) is 11.6 Å². The van der Waals surface area contributed by atoms with Gasteiger partial charge in [-0.1, -0.05) is 37.9 Å². The van der Waals surface area contributed by atoms with Gasteiger partial charge in [0, 0.05) is 6.04 Å². The van der Waals surface area contributed by atoms with Crippen LogP contribution in [0.4, 0.5) is 0 Å². The van der Waals surface area contributed by atoms with E-state index in [2.05, 4.69) is 21.7 Å². The molecule has 0 radical (unpaired) electrons. The van der Waals surface area contributed by atoms with Crippen molar-refractivity contribution in [3.05, 3.63) is 6.33 Å². The fraction of sp³-hybridized carbons (Fsp3) is 0.769. The summed E-state index contributed by atoms with van der Waals surface area (Å²) in [7, 11) is 0. The number of carbonyl (C=O) groups is 1. The van der Waals surface area contributed by atoms with E-state index in [1.807, 2.05) is 0 Å². The van der Waals surface area contributed by atoms with Crippen molar-refractivity contribution in [2.45, 2.75) is 56.6 Å². The van der Waals surface area contributed by atoms with Gasteiger partial charge in [0.15, 0.2) is 5.16 Å². The van der Waals surface area contributed by atoms with Gasteiger partial charge in [-0.2, -0.15) is 0 Å². The third-order valence-electron chi connectivity index (χ3n) is 3.83. The summed E-state index contributed by atoms with van der Waals surface area (Å²) >= 11 is 1.26. The van der Waals surface area contributed by atoms with E-state index in [-0.39, 0.29) is 5.75 Å². The van der Waals surface area contributed by atoms with Gasteiger partial charge in [0.25, 0.3) is 0 Å². The predicted octanol–water partition coefficient (Wildman–Crippen LogP) is 2.99. The van der Waals surface area contributed by atoms with Crippen LogP contribution in [-0.4, -0.2) is 31.6 Å². The van der Waals surface area contributed by atoms with Crippen LogP contribution < -0.4 is 0 Å². The Morgan fingerprint density at radius 1 is 1.53 bits per heavy atom. The number of nitrogens with zero attached hydrogens (tertiary/aromatic N) is 3. The molecule has 5 nitrogen and oxygen atoms in total. The van der Waals surface area contributed by atoms with Crippen molar-refractivity contribution >= 4 is 17.7 Å². The number of rotatable bonds is 6. The van der Waals surface area contributed by atoms with Crippen molar-refractivity contribution in [1.29, 1.82) is 0 Å². The van der Waals surface area contributed by atoms with Crippen LogP contribution in [0.15, 0.2) is 11.5 Å². The quantitative estimate of drug-likeness (QED) is 0.813. The number of aromatic nitrogens is 3. The summed E-state index contributed by atoms with van der Waals surface area (Å²) < 4.78 is 2.09. The van der Waals surface area contributed by atoms with Crippen LogP contribution in [0.3, 0.4) is 0 Å². The van der Waals surface area contributed by atoms with Crippen molar-refractivity contribution in [3.8, 4) is 0 Å². The van der Waals surface area contributed by atoms with E-state index in [9.17, 15) is 4.79 Å². The molecule has 0 saturated heterocycles. The maximum atomic E-state index is 10.7. The highest BCUT2D eigenvalue weighted by Gasteiger charge is 2.25. The van der Waals surface area contributed by atoms with Crippen LogP contribution in [0.5, 0.6) is 0 Å². The van der Waals surface area contributed by atoms with Crippen LogP contribution in [0.2, 0.25) is 0 Å². The topological polar surface area (TPSA) is 68.0 Å². The van der Waals surface area contributed by atoms with Crippen LogP contribution in [0, 0.1) is 5.92 Å². The Morgan fingerprint density at radius 3 is 2.89 bits per heavy atom. The molecule has 19 heavy (non-hydrogen) atoms. The van der Waals surface area contributed by atoms with Gasteiger partial charge in [0.1, 0.15) is 6.33 Å². The van der Waals surface area contributed by atoms with Gasteiger partial charge < -0.3 is 9.67 Å². The van der Waals surface area contributed by atoms with Crippen LogP contribution >= 0.6 is 11.8 Å². The minimum absolute atomic E-state index is 0.0415. The molecule has 1 unspecified atom stereocenters. The summed E-state index contributed by atoms with van der Waals surface area (Å²) in [6.45, 7) is 2.19. The highest BCUT2D eigenvalue weighted by atomic mass is 32.2. The Morgan fingerprint density at radius 2 is 2.26 bits per heavy atom. The molecule has 0 aromatic carbocycles. The SMILES string of the molecule is CCC(C1CCCCC1)n1cnnc1SCC(=O)O. The molecule has 0 bridgehead atoms. The second-order valence-corrected chi connectivity index (χ2v) is 6.02. The zero-order valence-corrected chi connectivity index (χ0v) is 12.1. The lowest BCUT2D eigenvalue weighted by Gasteiger charge is -2.30. The molecular weight excluding hydrogens is 262 g/mol. The van der Waals surface area contributed by atoms with Crippen LogP contribution in [0.1, 0.15) is 51.5 Å². The first-order valence-electron chi connectivity index (χ1n) is 6.96. The average molecular weight is 283 g/mol. The number of carboxylic acid groups (broad SMARTS) is 1. The number of aliphatic carboxylic acids is 1. The molecule has 1 saturated carbocycles. The zero-order valence-electron chi connectivity index (χ0n) is 11.3. The number of thioether (sulfide) groups is 1. The molecule has 0 spiro atoms. The fourth-order valence-electron chi connectivity index (χ4n) is 2.97. The summed E-state index contributed by atoms with van der Waals surface area (Å²) in [6, 6.07) is 0.409. The first kappa shape index (κ1) is 14.4. The highest BCUT2D eigenvalue weighted by molar-refractivity contribution is 7.99. The summed E-state index contributed by atoms with van der Waals surface area (Å²) in [4.78, 5) is 10.7. The summed E-state index contributed by atoms with van der Waals surface area (Å²) in [5.41, 5.74) is 0. The van der Waals surface area contributed by atoms with Crippen LogP contribution in [0.25, 0.3) is 0 Å². The molecule has 1 atom stereocenters. The van der Waals surface area contributed by atoms with E-state index < -0.39 is 5.97 Å². The Bertz CT molecular complexity index is 416. The molecular formula is C13H21N3O2S. The molecule has 106 valence electrons. The van der Waals surface area contributed by atoms with Crippen LogP contribution in [-0.2, 0) is 4.79 Å². The summed E-state index contributed by atoms with van der Waals surface area (Å²) in [5.74, 6) is -0.0935. The number of hydrogen-bond acceptors (Lipinski definition) is 4. The van der Waals surface area contributed by atoms with Crippen molar-refractivity contribution in [3.63, 3.8) is 0 Å². The molecule has 1 aromatic rings. The molecule has 1 aliphatic carbocycles. The maximum absolute atomic E-state index is 10.7. The van der Waals surface area contributed by atoms with Gasteiger partial charge in [0.05, 0.1) is 5.75 Å². The second-order valence-electron chi connectivity index (χ2n) is 5.08. The smallest absolute Gasteiger partial charge is 0.313 e. The molecule has 1 fully saturated rings. The van der Waals surface area contributed by atoms with Gasteiger partial charge in [-0.05, 0) is 25.2 Å². The predicted molar refractivity (Wildman–Crippen MR) is 74.3 cm³/mol. The summed E-state index contributed by atoms with van der Waals surface area (Å²) in [5, 5.41) is 17.5. The van der Waals surface area contributed by atoms with Gasteiger partial charge in [-0.25, -0.2) is 0 Å². The van der Waals surface area contributed by atoms with E-state index in [0.29, 0.717) is 12.0 Å². The lowest BCUT2D eigenvalue weighted by atomic mass is 9.83. The minimum Gasteiger partial charge on any atom is -0.481 e. The van der Waals surface area contributed by atoms with Crippen molar-refractivity contribution < 1.29 is 9.90 Å². The Labute approximate surface area is 117 Å². The van der Waals surface area contributed by atoms with E-state index >= 15 is 0 Å². The molecule has 1 N–H and O–H groups in total. The molecule has 1 heterocycles. The first-order chi connectivity index (χ1) is 9.22. The van der Waals surface area contributed by atoms with Crippen molar-refractivity contribution in [2.24, 2.45) is 5.92 Å². The van der Waals surface area contributed by atoms with E-state index in [1.54, 1.807) is 6.33 Å². The zero-order chi connectivity index (χ0) is 13.7. The number of hydrogen-bond donors (Lipinski definition) is 1. The standard InChI is InChI=1S/C13H21N3O2S/c1-2-11(10-6-4-3-5-7-10)16-9-14-15-13(16)19-8-12(17)18/h9-11H,2-8H2,1H3,(H,17,18). The fourth-order valence-corrected chi connectivity index (χ4v) is 3.65. The van der Waals surface area contributed by atoms with Gasteiger partial charge in [0.2, 0.25) is 0 Å². The van der Waals surface area contributed by atoms with E-state index in [1.165, 1.54) is 43.9 Å². The lowest BCUT2D eigenvalue weighted by molar-refractivity contribution is -0.133. The monoisotopic (exact) mass is 283 g/mol. The minimum atomic E-state index is -0.815. The highest BCUT2D eigenvalue weighted by Crippen LogP contribution is 2.36. The normalized spacial score (nSPS) is 18.4. The molecule has 2 rings (SSSR count). The van der Waals surface area contributed by atoms with Gasteiger partial charge >= 0.3 is 5.97 Å². The van der Waals surface area contributed by atoms with Gasteiger partial charge in [-0.3, -0.25) is 4.79 Å². The first-order valence-corrected chi connectivity index (χ1v) is 7.95. The Balaban J connectivity index is 2.09. The van der Waals surface area contributed by atoms with Crippen molar-refractivity contribution in [2.75, 3.05) is 5.75 Å². The molecule has 6 heteroatoms. The van der Waals surface area contributed by atoms with Gasteiger partial charge in [-0.15, -0.1) is 10.2 Å². The Kier molecular flexibility index (Phi) is 5.24.